The standard InChI is InChI=1S/C19H17FN4O2/c20-15-8-4-5-13(9-15)10-21-19(25)18-16-12-26-17(11-24(16)23-22-18)14-6-2-1-3-7-14/h1-9,17H,10-12H2,(H,21,25)/t17-/m1/s1. The molecule has 0 bridgehead atoms. The summed E-state index contributed by atoms with van der Waals surface area (Å²) in [6.45, 7) is 0.981. The first-order valence-corrected chi connectivity index (χ1v) is 8.32. The second-order valence-electron chi connectivity index (χ2n) is 6.09. The van der Waals surface area contributed by atoms with Crippen LogP contribution < -0.4 is 5.32 Å². The number of aromatic nitrogens is 3. The number of ether oxygens (including phenoxy) is 1. The van der Waals surface area contributed by atoms with Crippen LogP contribution >= 0.6 is 0 Å². The van der Waals surface area contributed by atoms with E-state index in [0.29, 0.717) is 17.8 Å². The number of halogens is 1. The quantitative estimate of drug-likeness (QED) is 0.784. The molecular weight excluding hydrogens is 335 g/mol. The highest BCUT2D eigenvalue weighted by atomic mass is 19.1. The summed E-state index contributed by atoms with van der Waals surface area (Å²) >= 11 is 0. The monoisotopic (exact) mass is 352 g/mol. The van der Waals surface area contributed by atoms with Gasteiger partial charge in [-0.2, -0.15) is 0 Å². The second-order valence-corrected chi connectivity index (χ2v) is 6.09. The topological polar surface area (TPSA) is 69.0 Å². The van der Waals surface area contributed by atoms with Crippen molar-refractivity contribution < 1.29 is 13.9 Å². The molecule has 1 aliphatic heterocycles. The third-order valence-corrected chi connectivity index (χ3v) is 4.33. The molecule has 6 nitrogen and oxygen atoms in total. The fraction of sp³-hybridized carbons (Fsp3) is 0.211. The van der Waals surface area contributed by atoms with Crippen molar-refractivity contribution in [1.82, 2.24) is 20.3 Å². The summed E-state index contributed by atoms with van der Waals surface area (Å²) in [5.41, 5.74) is 2.63. The van der Waals surface area contributed by atoms with Gasteiger partial charge >= 0.3 is 0 Å². The fourth-order valence-electron chi connectivity index (χ4n) is 2.97. The van der Waals surface area contributed by atoms with Crippen LogP contribution in [-0.4, -0.2) is 20.9 Å². The summed E-state index contributed by atoms with van der Waals surface area (Å²) in [4.78, 5) is 12.4. The van der Waals surface area contributed by atoms with Gasteiger partial charge in [0.25, 0.3) is 5.91 Å². The van der Waals surface area contributed by atoms with E-state index < -0.39 is 0 Å². The summed E-state index contributed by atoms with van der Waals surface area (Å²) in [5.74, 6) is -0.685. The van der Waals surface area contributed by atoms with Gasteiger partial charge in [0.15, 0.2) is 5.69 Å². The van der Waals surface area contributed by atoms with Gasteiger partial charge in [0, 0.05) is 6.54 Å². The second kappa shape index (κ2) is 7.05. The number of fused-ring (bicyclic) bond motifs is 1. The minimum Gasteiger partial charge on any atom is -0.365 e. The van der Waals surface area contributed by atoms with Crippen LogP contribution in [0.25, 0.3) is 0 Å². The molecule has 2 heterocycles. The summed E-state index contributed by atoms with van der Waals surface area (Å²) in [6, 6.07) is 16.0. The highest BCUT2D eigenvalue weighted by Gasteiger charge is 2.27. The first-order valence-electron chi connectivity index (χ1n) is 8.32. The van der Waals surface area contributed by atoms with Crippen molar-refractivity contribution in [1.29, 1.82) is 0 Å². The number of nitrogens with zero attached hydrogens (tertiary/aromatic N) is 3. The van der Waals surface area contributed by atoms with Crippen LogP contribution in [0.2, 0.25) is 0 Å². The van der Waals surface area contributed by atoms with Gasteiger partial charge in [-0.25, -0.2) is 9.07 Å². The van der Waals surface area contributed by atoms with Crippen LogP contribution in [0.4, 0.5) is 4.39 Å². The zero-order chi connectivity index (χ0) is 17.9. The maximum absolute atomic E-state index is 13.2. The molecule has 0 aliphatic carbocycles. The summed E-state index contributed by atoms with van der Waals surface area (Å²) in [5, 5.41) is 10.8. The Morgan fingerprint density at radius 1 is 1.23 bits per heavy atom. The van der Waals surface area contributed by atoms with E-state index in [2.05, 4.69) is 15.6 Å². The van der Waals surface area contributed by atoms with E-state index in [1.165, 1.54) is 12.1 Å². The van der Waals surface area contributed by atoms with Gasteiger partial charge in [0.2, 0.25) is 0 Å². The van der Waals surface area contributed by atoms with E-state index in [1.807, 2.05) is 30.3 Å². The zero-order valence-corrected chi connectivity index (χ0v) is 13.9. The number of nitrogens with one attached hydrogen (secondary N) is 1. The van der Waals surface area contributed by atoms with Crippen LogP contribution in [0.5, 0.6) is 0 Å². The molecule has 2 aromatic carbocycles. The van der Waals surface area contributed by atoms with Gasteiger partial charge < -0.3 is 10.1 Å². The van der Waals surface area contributed by atoms with E-state index in [9.17, 15) is 9.18 Å². The summed E-state index contributed by atoms with van der Waals surface area (Å²) in [6.07, 6.45) is -0.117. The molecule has 26 heavy (non-hydrogen) atoms. The SMILES string of the molecule is O=C(NCc1cccc(F)c1)c1nnn2c1CO[C@@H](c1ccccc1)C2. The highest BCUT2D eigenvalue weighted by Crippen LogP contribution is 2.26. The molecule has 0 unspecified atom stereocenters. The molecule has 0 fully saturated rings. The molecule has 0 radical (unpaired) electrons. The van der Waals surface area contributed by atoms with Gasteiger partial charge in [-0.15, -0.1) is 5.10 Å². The third-order valence-electron chi connectivity index (χ3n) is 4.33. The lowest BCUT2D eigenvalue weighted by Gasteiger charge is -2.24. The van der Waals surface area contributed by atoms with Crippen molar-refractivity contribution in [2.75, 3.05) is 0 Å². The van der Waals surface area contributed by atoms with Crippen molar-refractivity contribution in [3.8, 4) is 0 Å². The molecule has 3 aromatic rings. The Hall–Kier alpha value is -3.06. The molecule has 0 spiro atoms. The van der Waals surface area contributed by atoms with Gasteiger partial charge in [0.05, 0.1) is 18.8 Å². The van der Waals surface area contributed by atoms with Crippen LogP contribution in [0.15, 0.2) is 54.6 Å². The molecule has 0 saturated heterocycles. The molecule has 1 atom stereocenters. The Morgan fingerprint density at radius 3 is 2.88 bits per heavy atom. The Kier molecular flexibility index (Phi) is 4.45. The van der Waals surface area contributed by atoms with Crippen molar-refractivity contribution in [2.24, 2.45) is 0 Å². The zero-order valence-electron chi connectivity index (χ0n) is 13.9. The van der Waals surface area contributed by atoms with Crippen LogP contribution in [0.3, 0.4) is 0 Å². The minimum absolute atomic E-state index is 0.117. The van der Waals surface area contributed by atoms with Crippen molar-refractivity contribution in [3.05, 3.63) is 82.9 Å². The number of hydrogen-bond acceptors (Lipinski definition) is 4. The maximum Gasteiger partial charge on any atom is 0.274 e. The van der Waals surface area contributed by atoms with Crippen molar-refractivity contribution >= 4 is 5.91 Å². The number of carbonyl (C=O) groups excluding carboxylic acids is 1. The predicted octanol–water partition coefficient (Wildman–Crippen LogP) is 2.62. The van der Waals surface area contributed by atoms with Crippen LogP contribution in [-0.2, 0) is 24.4 Å². The molecule has 1 aliphatic rings. The Bertz CT molecular complexity index is 926. The van der Waals surface area contributed by atoms with E-state index in [1.54, 1.807) is 16.8 Å². The molecule has 1 N–H and O–H groups in total. The first-order chi connectivity index (χ1) is 12.7. The Morgan fingerprint density at radius 2 is 2.08 bits per heavy atom. The Labute approximate surface area is 149 Å². The number of carbonyl (C=O) groups is 1. The van der Waals surface area contributed by atoms with Gasteiger partial charge in [-0.1, -0.05) is 47.7 Å². The first kappa shape index (κ1) is 16.4. The lowest BCUT2D eigenvalue weighted by molar-refractivity contribution is -0.00177. The average Bonchev–Trinajstić information content (AvgIpc) is 3.10. The predicted molar refractivity (Wildman–Crippen MR) is 91.6 cm³/mol. The number of benzene rings is 2. The highest BCUT2D eigenvalue weighted by molar-refractivity contribution is 5.93. The molecule has 1 amide bonds. The average molecular weight is 352 g/mol. The van der Waals surface area contributed by atoms with Crippen LogP contribution in [0.1, 0.15) is 33.4 Å². The van der Waals surface area contributed by atoms with Gasteiger partial charge in [-0.05, 0) is 23.3 Å². The molecule has 0 saturated carbocycles. The van der Waals surface area contributed by atoms with Gasteiger partial charge in [0.1, 0.15) is 11.9 Å². The van der Waals surface area contributed by atoms with E-state index in [-0.39, 0.29) is 36.7 Å². The van der Waals surface area contributed by atoms with Crippen LogP contribution in [0, 0.1) is 5.82 Å². The largest absolute Gasteiger partial charge is 0.365 e. The van der Waals surface area contributed by atoms with E-state index in [0.717, 1.165) is 5.56 Å². The molecule has 1 aromatic heterocycles. The number of hydrogen-bond donors (Lipinski definition) is 1. The minimum atomic E-state index is -0.350. The molecule has 4 rings (SSSR count). The van der Waals surface area contributed by atoms with E-state index >= 15 is 0 Å². The summed E-state index contributed by atoms with van der Waals surface area (Å²) in [7, 11) is 0. The van der Waals surface area contributed by atoms with Crippen molar-refractivity contribution in [2.45, 2.75) is 25.8 Å². The number of amides is 1. The third kappa shape index (κ3) is 3.34. The lowest BCUT2D eigenvalue weighted by Crippen LogP contribution is -2.27. The van der Waals surface area contributed by atoms with E-state index in [4.69, 9.17) is 4.74 Å². The normalized spacial score (nSPS) is 16.1. The fourth-order valence-corrected chi connectivity index (χ4v) is 2.97. The molecular formula is C19H17FN4O2. The number of rotatable bonds is 4. The maximum atomic E-state index is 13.2. The smallest absolute Gasteiger partial charge is 0.274 e. The van der Waals surface area contributed by atoms with Gasteiger partial charge in [-0.3, -0.25) is 4.79 Å². The molecule has 7 heteroatoms. The summed E-state index contributed by atoms with van der Waals surface area (Å²) < 4.78 is 20.8. The molecule has 132 valence electrons. The lowest BCUT2D eigenvalue weighted by atomic mass is 10.1. The van der Waals surface area contributed by atoms with Crippen molar-refractivity contribution in [3.63, 3.8) is 0 Å². The Balaban J connectivity index is 1.45.